The lowest BCUT2D eigenvalue weighted by Crippen LogP contribution is -1.82. The molecule has 1 aliphatic carbocycles. The number of halogens is 2. The van der Waals surface area contributed by atoms with Crippen LogP contribution in [0.5, 0.6) is 0 Å². The summed E-state index contributed by atoms with van der Waals surface area (Å²) in [5, 5.41) is 4.00. The number of rotatable bonds is 0. The summed E-state index contributed by atoms with van der Waals surface area (Å²) in [7, 11) is 0. The Morgan fingerprint density at radius 1 is 1.00 bits per heavy atom. The van der Waals surface area contributed by atoms with Gasteiger partial charge in [-0.1, -0.05) is 41.4 Å². The summed E-state index contributed by atoms with van der Waals surface area (Å²) in [4.78, 5) is 0. The second kappa shape index (κ2) is 2.88. The van der Waals surface area contributed by atoms with Gasteiger partial charge in [0.25, 0.3) is 0 Å². The Kier molecular flexibility index (Phi) is 1.77. The fraction of sp³-hybridized carbons (Fsp3) is 0.167. The third-order valence-corrected chi connectivity index (χ3v) is 3.55. The monoisotopic (exact) mass is 222 g/mol. The van der Waals surface area contributed by atoms with Crippen molar-refractivity contribution < 1.29 is 0 Å². The van der Waals surface area contributed by atoms with E-state index in [1.54, 1.807) is 0 Å². The van der Waals surface area contributed by atoms with Crippen LogP contribution in [0.4, 0.5) is 0 Å². The molecule has 3 rings (SSSR count). The highest BCUT2D eigenvalue weighted by Gasteiger charge is 2.18. The van der Waals surface area contributed by atoms with Gasteiger partial charge in [-0.25, -0.2) is 0 Å². The SMILES string of the molecule is Clc1cc(Cl)c2cccc3c2c1CC3. The van der Waals surface area contributed by atoms with Crippen molar-refractivity contribution >= 4 is 34.0 Å². The lowest BCUT2D eigenvalue weighted by atomic mass is 10.1. The molecule has 0 amide bonds. The third-order valence-electron chi connectivity index (χ3n) is 2.90. The minimum absolute atomic E-state index is 0.762. The molecular formula is C12H8Cl2. The average molecular weight is 223 g/mol. The van der Waals surface area contributed by atoms with E-state index in [2.05, 4.69) is 18.2 Å². The fourth-order valence-electron chi connectivity index (χ4n) is 2.26. The summed E-state index contributed by atoms with van der Waals surface area (Å²) in [5.74, 6) is 0. The van der Waals surface area contributed by atoms with Crippen LogP contribution in [-0.2, 0) is 12.8 Å². The molecule has 0 atom stereocenters. The molecule has 0 nitrogen and oxygen atoms in total. The van der Waals surface area contributed by atoms with Gasteiger partial charge in [-0.2, -0.15) is 0 Å². The molecule has 1 aliphatic rings. The summed E-state index contributed by atoms with van der Waals surface area (Å²) in [6, 6.07) is 8.14. The maximum absolute atomic E-state index is 6.16. The number of hydrogen-bond acceptors (Lipinski definition) is 0. The van der Waals surface area contributed by atoms with E-state index < -0.39 is 0 Å². The zero-order valence-electron chi connectivity index (χ0n) is 7.48. The molecule has 0 N–H and O–H groups in total. The van der Waals surface area contributed by atoms with E-state index in [4.69, 9.17) is 23.2 Å². The molecule has 0 saturated heterocycles. The van der Waals surface area contributed by atoms with Crippen molar-refractivity contribution in [2.75, 3.05) is 0 Å². The molecule has 0 unspecified atom stereocenters. The van der Waals surface area contributed by atoms with Gasteiger partial charge in [-0.15, -0.1) is 0 Å². The van der Waals surface area contributed by atoms with Gasteiger partial charge >= 0.3 is 0 Å². The van der Waals surface area contributed by atoms with Crippen LogP contribution < -0.4 is 0 Å². The number of benzene rings is 2. The van der Waals surface area contributed by atoms with E-state index in [0.717, 1.165) is 28.3 Å². The van der Waals surface area contributed by atoms with Crippen LogP contribution in [0.3, 0.4) is 0 Å². The molecule has 2 heteroatoms. The van der Waals surface area contributed by atoms with Gasteiger partial charge in [-0.3, -0.25) is 0 Å². The van der Waals surface area contributed by atoms with E-state index in [0.29, 0.717) is 0 Å². The van der Waals surface area contributed by atoms with E-state index in [1.807, 2.05) is 6.07 Å². The molecule has 2 aromatic rings. The molecule has 2 aromatic carbocycles. The van der Waals surface area contributed by atoms with E-state index in [-0.39, 0.29) is 0 Å². The summed E-state index contributed by atoms with van der Waals surface area (Å²) >= 11 is 12.3. The number of hydrogen-bond donors (Lipinski definition) is 0. The molecule has 0 spiro atoms. The van der Waals surface area contributed by atoms with E-state index in [1.165, 1.54) is 16.5 Å². The molecule has 70 valence electrons. The second-order valence-corrected chi connectivity index (χ2v) is 4.47. The first kappa shape index (κ1) is 8.58. The molecule has 0 radical (unpaired) electrons. The highest BCUT2D eigenvalue weighted by Crippen LogP contribution is 2.39. The molecule has 0 aliphatic heterocycles. The second-order valence-electron chi connectivity index (χ2n) is 3.66. The van der Waals surface area contributed by atoms with Crippen molar-refractivity contribution in [3.8, 4) is 0 Å². The molecule has 0 fully saturated rings. The predicted octanol–water partition coefficient (Wildman–Crippen LogP) is 4.25. The van der Waals surface area contributed by atoms with Crippen molar-refractivity contribution in [3.05, 3.63) is 45.4 Å². The quantitative estimate of drug-likeness (QED) is 0.626. The van der Waals surface area contributed by atoms with Crippen molar-refractivity contribution in [1.29, 1.82) is 0 Å². The molecule has 0 saturated carbocycles. The molecule has 14 heavy (non-hydrogen) atoms. The van der Waals surface area contributed by atoms with Crippen molar-refractivity contribution in [3.63, 3.8) is 0 Å². The molecule has 0 heterocycles. The summed E-state index contributed by atoms with van der Waals surface area (Å²) < 4.78 is 0. The summed E-state index contributed by atoms with van der Waals surface area (Å²) in [5.41, 5.74) is 2.64. The molecule has 0 aromatic heterocycles. The molecular weight excluding hydrogens is 215 g/mol. The van der Waals surface area contributed by atoms with Gasteiger partial charge in [-0.05, 0) is 35.4 Å². The standard InChI is InChI=1S/C12H8Cl2/c13-10-6-11(14)9-5-4-7-2-1-3-8(10)12(7)9/h1-3,6H,4-5H2. The minimum atomic E-state index is 0.762. The third kappa shape index (κ3) is 1.01. The van der Waals surface area contributed by atoms with Gasteiger partial charge < -0.3 is 0 Å². The lowest BCUT2D eigenvalue weighted by molar-refractivity contribution is 1.02. The Labute approximate surface area is 92.4 Å². The van der Waals surface area contributed by atoms with Gasteiger partial charge in [0.15, 0.2) is 0 Å². The normalized spacial score (nSPS) is 13.9. The average Bonchev–Trinajstić information content (AvgIpc) is 2.59. The summed E-state index contributed by atoms with van der Waals surface area (Å²) in [6.45, 7) is 0. The van der Waals surface area contributed by atoms with Gasteiger partial charge in [0.2, 0.25) is 0 Å². The van der Waals surface area contributed by atoms with Crippen LogP contribution in [0.1, 0.15) is 11.1 Å². The maximum atomic E-state index is 6.16. The van der Waals surface area contributed by atoms with Crippen LogP contribution >= 0.6 is 23.2 Å². The van der Waals surface area contributed by atoms with Crippen LogP contribution in [0.2, 0.25) is 10.0 Å². The summed E-state index contributed by atoms with van der Waals surface area (Å²) in [6.07, 6.45) is 2.14. The zero-order chi connectivity index (χ0) is 9.71. The highest BCUT2D eigenvalue weighted by molar-refractivity contribution is 6.39. The van der Waals surface area contributed by atoms with E-state index >= 15 is 0 Å². The first-order valence-electron chi connectivity index (χ1n) is 4.66. The van der Waals surface area contributed by atoms with Gasteiger partial charge in [0.1, 0.15) is 0 Å². The van der Waals surface area contributed by atoms with Crippen LogP contribution in [0, 0.1) is 0 Å². The maximum Gasteiger partial charge on any atom is 0.0499 e. The smallest absolute Gasteiger partial charge is 0.0499 e. The zero-order valence-corrected chi connectivity index (χ0v) is 8.99. The van der Waals surface area contributed by atoms with Crippen molar-refractivity contribution in [1.82, 2.24) is 0 Å². The van der Waals surface area contributed by atoms with E-state index in [9.17, 15) is 0 Å². The molecule has 0 bridgehead atoms. The Balaban J connectivity index is 2.58. The topological polar surface area (TPSA) is 0 Å². The van der Waals surface area contributed by atoms with Gasteiger partial charge in [0, 0.05) is 15.4 Å². The van der Waals surface area contributed by atoms with Crippen LogP contribution in [0.25, 0.3) is 10.8 Å². The Morgan fingerprint density at radius 2 is 1.86 bits per heavy atom. The largest absolute Gasteiger partial charge is 0.0840 e. The highest BCUT2D eigenvalue weighted by atomic mass is 35.5. The van der Waals surface area contributed by atoms with Crippen LogP contribution in [0.15, 0.2) is 24.3 Å². The Bertz CT molecular complexity index is 529. The number of aryl methyl sites for hydroxylation is 2. The Hall–Kier alpha value is -0.720. The van der Waals surface area contributed by atoms with Gasteiger partial charge in [0.05, 0.1) is 0 Å². The lowest BCUT2D eigenvalue weighted by Gasteiger charge is -2.05. The first-order chi connectivity index (χ1) is 6.77. The van der Waals surface area contributed by atoms with Crippen molar-refractivity contribution in [2.24, 2.45) is 0 Å². The predicted molar refractivity (Wildman–Crippen MR) is 61.4 cm³/mol. The first-order valence-corrected chi connectivity index (χ1v) is 5.41. The fourth-order valence-corrected chi connectivity index (χ4v) is 2.88. The Morgan fingerprint density at radius 3 is 2.71 bits per heavy atom. The van der Waals surface area contributed by atoms with Crippen LogP contribution in [-0.4, -0.2) is 0 Å². The van der Waals surface area contributed by atoms with Crippen molar-refractivity contribution in [2.45, 2.75) is 12.8 Å². The minimum Gasteiger partial charge on any atom is -0.0840 e.